The molecule has 0 aliphatic rings. The molecule has 3 aromatic rings. The number of benzene rings is 3. The predicted octanol–water partition coefficient (Wildman–Crippen LogP) is 4.90. The van der Waals surface area contributed by atoms with Gasteiger partial charge in [0, 0.05) is 36.4 Å². The summed E-state index contributed by atoms with van der Waals surface area (Å²) in [5.41, 5.74) is 0.131. The summed E-state index contributed by atoms with van der Waals surface area (Å²) in [5.74, 6) is -0.535. The molecule has 0 aliphatic heterocycles. The predicted molar refractivity (Wildman–Crippen MR) is 137 cm³/mol. The number of aliphatic hydroxyl groups is 1. The lowest BCUT2D eigenvalue weighted by Crippen LogP contribution is -2.37. The molecule has 10 heteroatoms. The van der Waals surface area contributed by atoms with Crippen molar-refractivity contribution in [2.24, 2.45) is 0 Å². The molecule has 0 saturated heterocycles. The van der Waals surface area contributed by atoms with Gasteiger partial charge in [-0.15, -0.1) is 0 Å². The number of carbonyl (C=O) groups excluding carboxylic acids is 1. The fourth-order valence-electron chi connectivity index (χ4n) is 3.76. The smallest absolute Gasteiger partial charge is 0.416 e. The van der Waals surface area contributed by atoms with Crippen LogP contribution in [0.3, 0.4) is 0 Å². The van der Waals surface area contributed by atoms with Gasteiger partial charge in [0.1, 0.15) is 6.26 Å². The lowest BCUT2D eigenvalue weighted by molar-refractivity contribution is -0.137. The van der Waals surface area contributed by atoms with E-state index in [9.17, 15) is 32.7 Å². The Hall–Kier alpha value is -3.05. The van der Waals surface area contributed by atoms with Crippen LogP contribution in [0.5, 0.6) is 5.75 Å². The van der Waals surface area contributed by atoms with Gasteiger partial charge in [-0.05, 0) is 66.5 Å². The van der Waals surface area contributed by atoms with Gasteiger partial charge in [-0.1, -0.05) is 30.3 Å². The van der Waals surface area contributed by atoms with E-state index in [1.54, 1.807) is 30.3 Å². The van der Waals surface area contributed by atoms with E-state index in [2.05, 4.69) is 5.32 Å². The molecule has 0 spiro atoms. The Morgan fingerprint density at radius 1 is 1.08 bits per heavy atom. The van der Waals surface area contributed by atoms with E-state index in [1.807, 2.05) is 6.92 Å². The second-order valence-corrected chi connectivity index (χ2v) is 10.0. The zero-order valence-corrected chi connectivity index (χ0v) is 21.2. The Bertz CT molecular complexity index is 1190. The van der Waals surface area contributed by atoms with Crippen molar-refractivity contribution in [2.75, 3.05) is 24.2 Å². The number of nitrogens with one attached hydrogen (secondary N) is 1. The van der Waals surface area contributed by atoms with Gasteiger partial charge in [-0.25, -0.2) is 0 Å². The van der Waals surface area contributed by atoms with E-state index >= 15 is 0 Å². The Labute approximate surface area is 216 Å². The van der Waals surface area contributed by atoms with Crippen LogP contribution in [0.25, 0.3) is 0 Å². The number of carbonyl (C=O) groups is 1. The summed E-state index contributed by atoms with van der Waals surface area (Å²) in [4.78, 5) is 14.8. The average Bonchev–Trinajstić information content (AvgIpc) is 2.87. The number of phenols is 1. The summed E-state index contributed by atoms with van der Waals surface area (Å²) in [6.07, 6.45) is -3.67. The van der Waals surface area contributed by atoms with Crippen molar-refractivity contribution >= 4 is 22.8 Å². The normalized spacial score (nSPS) is 14.1. The number of halogens is 3. The van der Waals surface area contributed by atoms with Gasteiger partial charge in [0.15, 0.2) is 10.6 Å². The Morgan fingerprint density at radius 2 is 1.78 bits per heavy atom. The van der Waals surface area contributed by atoms with Crippen LogP contribution in [-0.4, -0.2) is 46.1 Å². The van der Waals surface area contributed by atoms with Crippen LogP contribution in [0.15, 0.2) is 77.7 Å². The van der Waals surface area contributed by atoms with E-state index in [0.717, 1.165) is 12.1 Å². The van der Waals surface area contributed by atoms with Crippen LogP contribution >= 0.6 is 0 Å². The van der Waals surface area contributed by atoms with Gasteiger partial charge < -0.3 is 25.0 Å². The zero-order valence-electron chi connectivity index (χ0n) is 20.4. The first-order chi connectivity index (χ1) is 17.5. The summed E-state index contributed by atoms with van der Waals surface area (Å²) in [7, 11) is 0. The largest absolute Gasteiger partial charge is 0.612 e. The van der Waals surface area contributed by atoms with Gasteiger partial charge in [0.2, 0.25) is 0 Å². The summed E-state index contributed by atoms with van der Waals surface area (Å²) in [5, 5.41) is 23.5. The molecule has 3 unspecified atom stereocenters. The summed E-state index contributed by atoms with van der Waals surface area (Å²) >= 11 is -1.42. The summed E-state index contributed by atoms with van der Waals surface area (Å²) < 4.78 is 51.7. The quantitative estimate of drug-likeness (QED) is 0.322. The van der Waals surface area contributed by atoms with Crippen molar-refractivity contribution in [1.29, 1.82) is 0 Å². The molecule has 0 fully saturated rings. The number of aliphatic hydroxyl groups excluding tert-OH is 1. The number of amides is 1. The fourth-order valence-corrected chi connectivity index (χ4v) is 4.42. The molecule has 6 nitrogen and oxygen atoms in total. The minimum absolute atomic E-state index is 0.115. The molecule has 0 aliphatic carbocycles. The summed E-state index contributed by atoms with van der Waals surface area (Å²) in [6.45, 7) is 2.11. The molecule has 3 rings (SSSR count). The lowest BCUT2D eigenvalue weighted by atomic mass is 10.1. The maximum Gasteiger partial charge on any atom is 0.416 e. The average molecular weight is 535 g/mol. The molecule has 0 bridgehead atoms. The number of aromatic hydroxyl groups is 1. The third-order valence-corrected chi connectivity index (χ3v) is 6.82. The maximum atomic E-state index is 13.3. The Balaban J connectivity index is 1.70. The second kappa shape index (κ2) is 12.5. The molecular weight excluding hydrogens is 505 g/mol. The second-order valence-electron chi connectivity index (χ2n) is 8.67. The summed E-state index contributed by atoms with van der Waals surface area (Å²) in [6, 6.07) is 17.2. The third-order valence-electron chi connectivity index (χ3n) is 5.87. The topological polar surface area (TPSA) is 95.9 Å². The molecule has 0 saturated carbocycles. The van der Waals surface area contributed by atoms with Gasteiger partial charge in [0.05, 0.1) is 11.7 Å². The monoisotopic (exact) mass is 534 g/mol. The van der Waals surface area contributed by atoms with E-state index in [-0.39, 0.29) is 35.5 Å². The number of hydrogen-bond acceptors (Lipinski definition) is 5. The van der Waals surface area contributed by atoms with Crippen molar-refractivity contribution in [2.45, 2.75) is 36.6 Å². The standard InChI is InChI=1S/C27H29F3N2O4S/c1-18(31-17-24(34)20-11-12-23(33)25(15-20)37(2)36)13-14-32(26(35)19-7-4-3-5-8-19)22-10-6-9-21(16-22)27(28,29)30/h3-12,15-16,18,24,31,33-34H,13-14,17H2,1-2H3. The molecule has 3 N–H and O–H groups in total. The molecule has 1 amide bonds. The van der Waals surface area contributed by atoms with E-state index in [1.165, 1.54) is 41.5 Å². The number of rotatable bonds is 10. The first-order valence-electron chi connectivity index (χ1n) is 11.6. The van der Waals surface area contributed by atoms with E-state index < -0.39 is 34.9 Å². The van der Waals surface area contributed by atoms with Crippen LogP contribution in [0, 0.1) is 0 Å². The highest BCUT2D eigenvalue weighted by Gasteiger charge is 2.31. The highest BCUT2D eigenvalue weighted by atomic mass is 32.2. The molecule has 3 atom stereocenters. The van der Waals surface area contributed by atoms with E-state index in [0.29, 0.717) is 17.5 Å². The van der Waals surface area contributed by atoms with Crippen LogP contribution in [0.1, 0.15) is 40.9 Å². The van der Waals surface area contributed by atoms with Crippen molar-refractivity contribution in [3.63, 3.8) is 0 Å². The van der Waals surface area contributed by atoms with Crippen LogP contribution in [0.4, 0.5) is 18.9 Å². The van der Waals surface area contributed by atoms with Crippen molar-refractivity contribution in [3.05, 3.63) is 89.5 Å². The first-order valence-corrected chi connectivity index (χ1v) is 13.1. The van der Waals surface area contributed by atoms with Crippen LogP contribution in [-0.2, 0) is 17.4 Å². The van der Waals surface area contributed by atoms with Gasteiger partial charge in [0.25, 0.3) is 5.91 Å². The molecule has 198 valence electrons. The fraction of sp³-hybridized carbons (Fsp3) is 0.296. The highest BCUT2D eigenvalue weighted by molar-refractivity contribution is 7.90. The van der Waals surface area contributed by atoms with Crippen molar-refractivity contribution < 1.29 is 32.7 Å². The van der Waals surface area contributed by atoms with Gasteiger partial charge in [-0.2, -0.15) is 13.2 Å². The molecule has 0 radical (unpaired) electrons. The van der Waals surface area contributed by atoms with Crippen LogP contribution in [0.2, 0.25) is 0 Å². The van der Waals surface area contributed by atoms with Gasteiger partial charge >= 0.3 is 6.18 Å². The zero-order chi connectivity index (χ0) is 27.2. The molecule has 0 aromatic heterocycles. The van der Waals surface area contributed by atoms with Gasteiger partial charge in [-0.3, -0.25) is 4.79 Å². The molecular formula is C27H29F3N2O4S. The minimum atomic E-state index is -4.54. The van der Waals surface area contributed by atoms with Crippen molar-refractivity contribution in [1.82, 2.24) is 5.32 Å². The Kier molecular flexibility index (Phi) is 9.61. The number of nitrogens with zero attached hydrogens (tertiary/aromatic N) is 1. The first kappa shape index (κ1) is 28.5. The third kappa shape index (κ3) is 7.72. The minimum Gasteiger partial charge on any atom is -0.612 e. The van der Waals surface area contributed by atoms with Crippen LogP contribution < -0.4 is 10.2 Å². The number of anilines is 1. The maximum absolute atomic E-state index is 13.3. The number of hydrogen-bond donors (Lipinski definition) is 3. The lowest BCUT2D eigenvalue weighted by Gasteiger charge is -2.26. The molecule has 37 heavy (non-hydrogen) atoms. The number of phenolic OH excluding ortho intramolecular Hbond substituents is 1. The Morgan fingerprint density at radius 3 is 2.43 bits per heavy atom. The van der Waals surface area contributed by atoms with E-state index in [4.69, 9.17) is 0 Å². The number of alkyl halides is 3. The SMILES string of the molecule is CC(CCN(C(=O)c1ccccc1)c1cccc(C(F)(F)F)c1)NCC(O)c1ccc(O)c([S+](C)[O-])c1. The molecule has 0 heterocycles. The molecule has 3 aromatic carbocycles. The van der Waals surface area contributed by atoms with Crippen molar-refractivity contribution in [3.8, 4) is 5.75 Å². The highest BCUT2D eigenvalue weighted by Crippen LogP contribution is 2.32.